The SMILES string of the molecule is Cc1cc2nc3n(c2cc1F)C[C@@](NC(=O)c1ccc(-n2cnnc2)cc1Cl)(c1ccccc1)CC3. The summed E-state index contributed by atoms with van der Waals surface area (Å²) in [6.45, 7) is 2.16. The first kappa shape index (κ1) is 22.4. The van der Waals surface area contributed by atoms with Crippen LogP contribution in [-0.4, -0.2) is 30.2 Å². The Hall–Kier alpha value is -4.04. The van der Waals surface area contributed by atoms with Crippen LogP contribution in [0.4, 0.5) is 4.39 Å². The van der Waals surface area contributed by atoms with Gasteiger partial charge in [0.1, 0.15) is 24.3 Å². The van der Waals surface area contributed by atoms with Crippen molar-refractivity contribution >= 4 is 28.5 Å². The molecule has 0 unspecified atom stereocenters. The highest BCUT2D eigenvalue weighted by Crippen LogP contribution is 2.36. The molecule has 0 saturated heterocycles. The van der Waals surface area contributed by atoms with Gasteiger partial charge in [-0.15, -0.1) is 10.2 Å². The summed E-state index contributed by atoms with van der Waals surface area (Å²) in [5.74, 6) is 0.325. The minimum Gasteiger partial charge on any atom is -0.341 e. The quantitative estimate of drug-likeness (QED) is 0.377. The minimum atomic E-state index is -0.726. The van der Waals surface area contributed by atoms with Gasteiger partial charge < -0.3 is 9.88 Å². The van der Waals surface area contributed by atoms with E-state index in [-0.39, 0.29) is 11.7 Å². The van der Waals surface area contributed by atoms with Crippen molar-refractivity contribution < 1.29 is 9.18 Å². The maximum absolute atomic E-state index is 14.5. The number of nitrogens with zero attached hydrogens (tertiary/aromatic N) is 5. The summed E-state index contributed by atoms with van der Waals surface area (Å²) in [7, 11) is 0. The van der Waals surface area contributed by atoms with Crippen molar-refractivity contribution in [1.29, 1.82) is 0 Å². The minimum absolute atomic E-state index is 0.273. The van der Waals surface area contributed by atoms with Gasteiger partial charge in [-0.2, -0.15) is 0 Å². The van der Waals surface area contributed by atoms with Crippen LogP contribution >= 0.6 is 11.6 Å². The highest BCUT2D eigenvalue weighted by Gasteiger charge is 2.39. The number of fused-ring (bicyclic) bond motifs is 3. The molecule has 3 aromatic carbocycles. The van der Waals surface area contributed by atoms with E-state index in [0.29, 0.717) is 35.5 Å². The van der Waals surface area contributed by atoms with Crippen molar-refractivity contribution in [2.75, 3.05) is 0 Å². The molecular weight excluding hydrogens is 479 g/mol. The predicted octanol–water partition coefficient (Wildman–Crippen LogP) is 4.99. The lowest BCUT2D eigenvalue weighted by molar-refractivity contribution is 0.0867. The molecule has 1 amide bonds. The molecule has 0 bridgehead atoms. The van der Waals surface area contributed by atoms with Crippen molar-refractivity contribution in [2.45, 2.75) is 31.8 Å². The molecule has 0 saturated carbocycles. The Morgan fingerprint density at radius 2 is 1.86 bits per heavy atom. The lowest BCUT2D eigenvalue weighted by Gasteiger charge is -2.39. The third-order valence-electron chi connectivity index (χ3n) is 6.90. The average molecular weight is 501 g/mol. The van der Waals surface area contributed by atoms with Gasteiger partial charge in [0.05, 0.1) is 33.7 Å². The maximum Gasteiger partial charge on any atom is 0.253 e. The number of hydrogen-bond acceptors (Lipinski definition) is 4. The third-order valence-corrected chi connectivity index (χ3v) is 7.22. The molecule has 2 aromatic heterocycles. The number of aromatic nitrogens is 5. The first-order valence-electron chi connectivity index (χ1n) is 11.6. The Labute approximate surface area is 211 Å². The van der Waals surface area contributed by atoms with Gasteiger partial charge in [0.2, 0.25) is 0 Å². The summed E-state index contributed by atoms with van der Waals surface area (Å²) >= 11 is 6.55. The monoisotopic (exact) mass is 500 g/mol. The molecule has 0 spiro atoms. The lowest BCUT2D eigenvalue weighted by Crippen LogP contribution is -2.51. The van der Waals surface area contributed by atoms with Crippen molar-refractivity contribution in [3.63, 3.8) is 0 Å². The smallest absolute Gasteiger partial charge is 0.253 e. The molecule has 0 radical (unpaired) electrons. The van der Waals surface area contributed by atoms with E-state index in [0.717, 1.165) is 28.1 Å². The first-order chi connectivity index (χ1) is 17.4. The van der Waals surface area contributed by atoms with Crippen LogP contribution in [0.1, 0.15) is 33.7 Å². The Morgan fingerprint density at radius 3 is 2.61 bits per heavy atom. The lowest BCUT2D eigenvalue weighted by atomic mass is 9.82. The number of amides is 1. The maximum atomic E-state index is 14.5. The zero-order valence-corrected chi connectivity index (χ0v) is 20.2. The van der Waals surface area contributed by atoms with E-state index < -0.39 is 5.54 Å². The summed E-state index contributed by atoms with van der Waals surface area (Å²) < 4.78 is 18.2. The molecule has 1 aliphatic rings. The van der Waals surface area contributed by atoms with Crippen molar-refractivity contribution in [3.05, 3.63) is 107 Å². The Balaban J connectivity index is 1.39. The Morgan fingerprint density at radius 1 is 1.08 bits per heavy atom. The van der Waals surface area contributed by atoms with Crippen LogP contribution in [0.25, 0.3) is 16.7 Å². The van der Waals surface area contributed by atoms with Gasteiger partial charge in [0, 0.05) is 18.2 Å². The molecule has 0 aliphatic carbocycles. The molecule has 3 heterocycles. The number of rotatable bonds is 4. The highest BCUT2D eigenvalue weighted by molar-refractivity contribution is 6.34. The van der Waals surface area contributed by atoms with Crippen LogP contribution in [0.15, 0.2) is 73.3 Å². The number of hydrogen-bond donors (Lipinski definition) is 1. The van der Waals surface area contributed by atoms with E-state index in [2.05, 4.69) is 15.5 Å². The molecule has 180 valence electrons. The van der Waals surface area contributed by atoms with Crippen LogP contribution in [0.5, 0.6) is 0 Å². The Kier molecular flexibility index (Phi) is 5.34. The van der Waals surface area contributed by atoms with Gasteiger partial charge in [0.15, 0.2) is 0 Å². The fourth-order valence-electron chi connectivity index (χ4n) is 4.98. The molecule has 1 atom stereocenters. The van der Waals surface area contributed by atoms with E-state index in [1.165, 1.54) is 6.07 Å². The van der Waals surface area contributed by atoms with Gasteiger partial charge >= 0.3 is 0 Å². The topological polar surface area (TPSA) is 77.6 Å². The van der Waals surface area contributed by atoms with Crippen LogP contribution in [0, 0.1) is 12.7 Å². The fourth-order valence-corrected chi connectivity index (χ4v) is 5.24. The van der Waals surface area contributed by atoms with Crippen LogP contribution in [0.3, 0.4) is 0 Å². The van der Waals surface area contributed by atoms with Gasteiger partial charge in [-0.25, -0.2) is 9.37 Å². The van der Waals surface area contributed by atoms with E-state index >= 15 is 0 Å². The standard InChI is InChI=1S/C27H22ClFN6O/c1-17-11-23-24(13-22(17)29)35-14-27(10-9-25(35)32-23,18-5-3-2-4-6-18)33-26(36)20-8-7-19(12-21(20)28)34-15-30-31-16-34/h2-8,11-13,15-16H,9-10,14H2,1H3,(H,33,36)/t27-/m1/s1. The Bertz CT molecular complexity index is 1600. The molecule has 5 aromatic rings. The third kappa shape index (κ3) is 3.74. The van der Waals surface area contributed by atoms with Crippen molar-refractivity contribution in [2.24, 2.45) is 0 Å². The van der Waals surface area contributed by atoms with Gasteiger partial charge in [-0.05, 0) is 48.7 Å². The second kappa shape index (κ2) is 8.57. The summed E-state index contributed by atoms with van der Waals surface area (Å²) in [6.07, 6.45) is 4.40. The largest absolute Gasteiger partial charge is 0.341 e. The van der Waals surface area contributed by atoms with Gasteiger partial charge in [-0.3, -0.25) is 9.36 Å². The number of nitrogens with one attached hydrogen (secondary N) is 1. The zero-order valence-electron chi connectivity index (χ0n) is 19.4. The van der Waals surface area contributed by atoms with Crippen molar-refractivity contribution in [1.82, 2.24) is 29.6 Å². The van der Waals surface area contributed by atoms with Crippen LogP contribution in [0.2, 0.25) is 5.02 Å². The second-order valence-electron chi connectivity index (χ2n) is 9.14. The number of carbonyl (C=O) groups is 1. The molecule has 36 heavy (non-hydrogen) atoms. The summed E-state index contributed by atoms with van der Waals surface area (Å²) in [6, 6.07) is 18.4. The molecule has 1 N–H and O–H groups in total. The summed E-state index contributed by atoms with van der Waals surface area (Å²) in [4.78, 5) is 18.4. The van der Waals surface area contributed by atoms with E-state index in [9.17, 15) is 9.18 Å². The van der Waals surface area contributed by atoms with Crippen LogP contribution in [-0.2, 0) is 18.5 Å². The molecule has 9 heteroatoms. The highest BCUT2D eigenvalue weighted by atomic mass is 35.5. The average Bonchev–Trinajstić information content (AvgIpc) is 3.53. The molecule has 0 fully saturated rings. The normalized spacial score (nSPS) is 17.2. The molecular formula is C27H22ClFN6O. The van der Waals surface area contributed by atoms with E-state index in [1.54, 1.807) is 48.4 Å². The number of imidazole rings is 1. The fraction of sp³-hybridized carbons (Fsp3) is 0.185. The number of carbonyl (C=O) groups excluding carboxylic acids is 1. The van der Waals surface area contributed by atoms with Crippen molar-refractivity contribution in [3.8, 4) is 5.69 Å². The van der Waals surface area contributed by atoms with E-state index in [1.807, 2.05) is 34.9 Å². The molecule has 1 aliphatic heterocycles. The van der Waals surface area contributed by atoms with Gasteiger partial charge in [-0.1, -0.05) is 41.9 Å². The molecule has 7 nitrogen and oxygen atoms in total. The first-order valence-corrected chi connectivity index (χ1v) is 12.0. The summed E-state index contributed by atoms with van der Waals surface area (Å²) in [5, 5.41) is 11.2. The second-order valence-corrected chi connectivity index (χ2v) is 9.55. The molecule has 6 rings (SSSR count). The number of halogens is 2. The summed E-state index contributed by atoms with van der Waals surface area (Å²) in [5.41, 5.74) is 3.40. The number of aryl methyl sites for hydroxylation is 2. The van der Waals surface area contributed by atoms with Crippen LogP contribution < -0.4 is 5.32 Å². The predicted molar refractivity (Wildman–Crippen MR) is 135 cm³/mol. The van der Waals surface area contributed by atoms with Gasteiger partial charge in [0.25, 0.3) is 5.91 Å². The number of benzene rings is 3. The zero-order chi connectivity index (χ0) is 24.9. The van der Waals surface area contributed by atoms with E-state index in [4.69, 9.17) is 16.6 Å².